The summed E-state index contributed by atoms with van der Waals surface area (Å²) in [5.41, 5.74) is 3.67. The average molecular weight is 318 g/mol. The molecule has 0 aliphatic carbocycles. The maximum atomic E-state index is 5.29. The molecule has 0 bridgehead atoms. The molecule has 0 unspecified atom stereocenters. The van der Waals surface area contributed by atoms with Crippen molar-refractivity contribution in [3.63, 3.8) is 0 Å². The molecule has 22 heavy (non-hydrogen) atoms. The molecule has 0 saturated heterocycles. The number of nitrogens with zero attached hydrogens (tertiary/aromatic N) is 1. The third kappa shape index (κ3) is 3.78. The Labute approximate surface area is 136 Å². The van der Waals surface area contributed by atoms with Crippen LogP contribution in [0.25, 0.3) is 10.9 Å². The van der Waals surface area contributed by atoms with Crippen LogP contribution in [-0.2, 0) is 13.0 Å². The summed E-state index contributed by atoms with van der Waals surface area (Å²) < 4.78 is 5.29. The molecule has 5 heteroatoms. The zero-order valence-corrected chi connectivity index (χ0v) is 13.3. The van der Waals surface area contributed by atoms with Crippen LogP contribution in [0.2, 0.25) is 0 Å². The van der Waals surface area contributed by atoms with Gasteiger partial charge in [-0.25, -0.2) is 0 Å². The summed E-state index contributed by atoms with van der Waals surface area (Å²) in [5, 5.41) is 4.68. The molecule has 0 fully saturated rings. The van der Waals surface area contributed by atoms with Crippen molar-refractivity contribution in [3.8, 4) is 5.75 Å². The first-order chi connectivity index (χ1) is 10.4. The van der Waals surface area contributed by atoms with Gasteiger partial charge >= 0.3 is 0 Å². The van der Waals surface area contributed by atoms with Crippen LogP contribution in [0.4, 0.5) is 0 Å². The van der Waals surface area contributed by atoms with Gasteiger partial charge in [0.2, 0.25) is 0 Å². The molecule has 3 aromatic rings. The van der Waals surface area contributed by atoms with Crippen molar-refractivity contribution in [1.82, 2.24) is 15.3 Å². The molecule has 0 amide bonds. The van der Waals surface area contributed by atoms with E-state index in [0.717, 1.165) is 30.8 Å². The van der Waals surface area contributed by atoms with Gasteiger partial charge in [0.05, 0.1) is 7.11 Å². The minimum atomic E-state index is 0. The van der Waals surface area contributed by atoms with E-state index in [2.05, 4.69) is 39.7 Å². The van der Waals surface area contributed by atoms with E-state index in [1.807, 2.05) is 18.3 Å². The first-order valence-electron chi connectivity index (χ1n) is 7.10. The smallest absolute Gasteiger partial charge is 0.119 e. The zero-order valence-electron chi connectivity index (χ0n) is 12.5. The molecule has 0 spiro atoms. The quantitative estimate of drug-likeness (QED) is 0.686. The number of halogens is 1. The van der Waals surface area contributed by atoms with Crippen molar-refractivity contribution in [2.45, 2.75) is 13.0 Å². The number of hydrogen-bond acceptors (Lipinski definition) is 3. The van der Waals surface area contributed by atoms with E-state index in [9.17, 15) is 0 Å². The Kier molecular flexibility index (Phi) is 5.81. The van der Waals surface area contributed by atoms with Gasteiger partial charge in [0, 0.05) is 36.0 Å². The second-order valence-electron chi connectivity index (χ2n) is 5.01. The molecule has 2 heterocycles. The number of nitrogens with one attached hydrogen (secondary N) is 2. The van der Waals surface area contributed by atoms with Crippen molar-refractivity contribution in [1.29, 1.82) is 0 Å². The Balaban J connectivity index is 0.00000176. The minimum Gasteiger partial charge on any atom is -0.497 e. The monoisotopic (exact) mass is 317 g/mol. The van der Waals surface area contributed by atoms with Gasteiger partial charge in [-0.3, -0.25) is 4.98 Å². The average Bonchev–Trinajstić information content (AvgIpc) is 2.95. The number of fused-ring (bicyclic) bond motifs is 1. The van der Waals surface area contributed by atoms with E-state index in [0.29, 0.717) is 0 Å². The highest BCUT2D eigenvalue weighted by atomic mass is 35.5. The van der Waals surface area contributed by atoms with Crippen molar-refractivity contribution >= 4 is 23.3 Å². The highest BCUT2D eigenvalue weighted by Crippen LogP contribution is 2.23. The SMILES string of the molecule is COc1ccc2[nH]cc(CCNCc3cccnc3)c2c1.Cl. The predicted molar refractivity (Wildman–Crippen MR) is 91.7 cm³/mol. The molecular formula is C17H20ClN3O. The minimum absolute atomic E-state index is 0. The van der Waals surface area contributed by atoms with Gasteiger partial charge in [-0.05, 0) is 48.4 Å². The van der Waals surface area contributed by atoms with Gasteiger partial charge in [0.15, 0.2) is 0 Å². The van der Waals surface area contributed by atoms with Gasteiger partial charge in [-0.1, -0.05) is 6.07 Å². The molecule has 116 valence electrons. The molecule has 0 atom stereocenters. The molecule has 0 saturated carbocycles. The number of aromatic amines is 1. The van der Waals surface area contributed by atoms with Gasteiger partial charge in [-0.15, -0.1) is 12.4 Å². The summed E-state index contributed by atoms with van der Waals surface area (Å²) in [4.78, 5) is 7.42. The van der Waals surface area contributed by atoms with Crippen LogP contribution in [0.5, 0.6) is 5.75 Å². The fourth-order valence-corrected chi connectivity index (χ4v) is 2.45. The largest absolute Gasteiger partial charge is 0.497 e. The number of pyridine rings is 1. The van der Waals surface area contributed by atoms with Crippen LogP contribution in [0.1, 0.15) is 11.1 Å². The van der Waals surface area contributed by atoms with Crippen molar-refractivity contribution < 1.29 is 4.74 Å². The molecule has 0 aliphatic heterocycles. The lowest BCUT2D eigenvalue weighted by atomic mass is 10.1. The first-order valence-corrected chi connectivity index (χ1v) is 7.10. The van der Waals surface area contributed by atoms with Gasteiger partial charge in [-0.2, -0.15) is 0 Å². The summed E-state index contributed by atoms with van der Waals surface area (Å²) in [6, 6.07) is 10.2. The Morgan fingerprint density at radius 1 is 1.27 bits per heavy atom. The summed E-state index contributed by atoms with van der Waals surface area (Å²) in [7, 11) is 1.70. The zero-order chi connectivity index (χ0) is 14.5. The number of hydrogen-bond donors (Lipinski definition) is 2. The number of ether oxygens (including phenoxy) is 1. The molecule has 4 nitrogen and oxygen atoms in total. The fraction of sp³-hybridized carbons (Fsp3) is 0.235. The molecular weight excluding hydrogens is 298 g/mol. The summed E-state index contributed by atoms with van der Waals surface area (Å²) in [5.74, 6) is 0.895. The number of H-pyrrole nitrogens is 1. The lowest BCUT2D eigenvalue weighted by molar-refractivity contribution is 0.415. The van der Waals surface area contributed by atoms with Crippen LogP contribution in [0.15, 0.2) is 48.9 Å². The van der Waals surface area contributed by atoms with Crippen LogP contribution < -0.4 is 10.1 Å². The maximum Gasteiger partial charge on any atom is 0.119 e. The summed E-state index contributed by atoms with van der Waals surface area (Å²) >= 11 is 0. The van der Waals surface area contributed by atoms with E-state index < -0.39 is 0 Å². The van der Waals surface area contributed by atoms with E-state index >= 15 is 0 Å². The lowest BCUT2D eigenvalue weighted by Crippen LogP contribution is -2.16. The van der Waals surface area contributed by atoms with Crippen LogP contribution >= 0.6 is 12.4 Å². The first kappa shape index (κ1) is 16.3. The summed E-state index contributed by atoms with van der Waals surface area (Å²) in [6.07, 6.45) is 6.75. The second kappa shape index (κ2) is 7.82. The van der Waals surface area contributed by atoms with Crippen molar-refractivity contribution in [3.05, 3.63) is 60.0 Å². The topological polar surface area (TPSA) is 49.9 Å². The van der Waals surface area contributed by atoms with Gasteiger partial charge < -0.3 is 15.0 Å². The Morgan fingerprint density at radius 2 is 2.18 bits per heavy atom. The third-order valence-electron chi connectivity index (χ3n) is 3.60. The summed E-state index contributed by atoms with van der Waals surface area (Å²) in [6.45, 7) is 1.78. The van der Waals surface area contributed by atoms with Gasteiger partial charge in [0.25, 0.3) is 0 Å². The molecule has 2 aromatic heterocycles. The highest BCUT2D eigenvalue weighted by Gasteiger charge is 2.04. The highest BCUT2D eigenvalue weighted by molar-refractivity contribution is 5.85. The molecule has 0 aliphatic rings. The van der Waals surface area contributed by atoms with E-state index in [1.54, 1.807) is 13.3 Å². The van der Waals surface area contributed by atoms with E-state index in [4.69, 9.17) is 4.74 Å². The molecule has 0 radical (unpaired) electrons. The van der Waals surface area contributed by atoms with Crippen LogP contribution in [0, 0.1) is 0 Å². The fourth-order valence-electron chi connectivity index (χ4n) is 2.45. The van der Waals surface area contributed by atoms with Crippen LogP contribution in [-0.4, -0.2) is 23.6 Å². The molecule has 1 aromatic carbocycles. The van der Waals surface area contributed by atoms with Crippen LogP contribution in [0.3, 0.4) is 0 Å². The van der Waals surface area contributed by atoms with Crippen molar-refractivity contribution in [2.24, 2.45) is 0 Å². The predicted octanol–water partition coefficient (Wildman–Crippen LogP) is 3.33. The van der Waals surface area contributed by atoms with Crippen molar-refractivity contribution in [2.75, 3.05) is 13.7 Å². The Morgan fingerprint density at radius 3 is 2.95 bits per heavy atom. The molecule has 2 N–H and O–H groups in total. The van der Waals surface area contributed by atoms with E-state index in [-0.39, 0.29) is 12.4 Å². The number of rotatable bonds is 6. The number of methoxy groups -OCH3 is 1. The number of aromatic nitrogens is 2. The maximum absolute atomic E-state index is 5.29. The normalized spacial score (nSPS) is 10.4. The third-order valence-corrected chi connectivity index (χ3v) is 3.60. The van der Waals surface area contributed by atoms with Gasteiger partial charge in [0.1, 0.15) is 5.75 Å². The lowest BCUT2D eigenvalue weighted by Gasteiger charge is -2.05. The Bertz CT molecular complexity index is 712. The molecule has 3 rings (SSSR count). The Hall–Kier alpha value is -2.04. The second-order valence-corrected chi connectivity index (χ2v) is 5.01. The standard InChI is InChI=1S/C17H19N3O.ClH/c1-21-15-4-5-17-16(9-15)14(12-20-17)6-8-19-11-13-3-2-7-18-10-13;/h2-5,7,9-10,12,19-20H,6,8,11H2,1H3;1H. The number of benzene rings is 1. The van der Waals surface area contributed by atoms with E-state index in [1.165, 1.54) is 16.5 Å².